The van der Waals surface area contributed by atoms with Crippen LogP contribution < -0.4 is 4.74 Å². The van der Waals surface area contributed by atoms with E-state index in [-0.39, 0.29) is 46.6 Å². The number of aliphatic hydroxyl groups excluding tert-OH is 3. The van der Waals surface area contributed by atoms with Crippen LogP contribution in [0.4, 0.5) is 0 Å². The minimum absolute atomic E-state index is 0. The maximum Gasteiger partial charge on any atom is 0.341 e. The summed E-state index contributed by atoms with van der Waals surface area (Å²) in [6.45, 7) is 12.0. The van der Waals surface area contributed by atoms with E-state index in [4.69, 9.17) is 25.2 Å². The molecule has 0 saturated heterocycles. The third-order valence-electron chi connectivity index (χ3n) is 1.99. The zero-order chi connectivity index (χ0) is 23.9. The maximum atomic E-state index is 10.1. The van der Waals surface area contributed by atoms with Crippen LogP contribution in [-0.4, -0.2) is 51.3 Å². The van der Waals surface area contributed by atoms with Crippen LogP contribution in [-0.2, 0) is 26.5 Å². The van der Waals surface area contributed by atoms with Crippen molar-refractivity contribution in [3.05, 3.63) is 66.2 Å². The number of benzene rings is 2. The van der Waals surface area contributed by atoms with Crippen molar-refractivity contribution in [1.29, 1.82) is 0 Å². The summed E-state index contributed by atoms with van der Waals surface area (Å²) in [4.78, 5) is 10.1. The zero-order valence-electron chi connectivity index (χ0n) is 19.7. The topological polar surface area (TPSA) is 107 Å². The molecule has 0 aliphatic carbocycles. The van der Waals surface area contributed by atoms with Crippen molar-refractivity contribution in [2.75, 3.05) is 6.61 Å². The molecule has 31 heavy (non-hydrogen) atoms. The molecular formula is C24H39O6Ti-. The van der Waals surface area contributed by atoms with Crippen molar-refractivity contribution >= 4 is 5.97 Å². The Hall–Kier alpha value is -1.70. The first-order chi connectivity index (χ1) is 13.9. The zero-order valence-corrected chi connectivity index (χ0v) is 21.3. The third-order valence-corrected chi connectivity index (χ3v) is 1.99. The van der Waals surface area contributed by atoms with Crippen molar-refractivity contribution in [2.45, 2.75) is 66.8 Å². The minimum atomic E-state index is -0.962. The summed E-state index contributed by atoms with van der Waals surface area (Å²) in [7, 11) is 0. The van der Waals surface area contributed by atoms with E-state index >= 15 is 0 Å². The molecule has 2 rings (SSSR count). The summed E-state index contributed by atoms with van der Waals surface area (Å²) in [6.07, 6.45) is -0.500. The Morgan fingerprint density at radius 2 is 1.19 bits per heavy atom. The normalized spacial score (nSPS) is 8.68. The van der Waals surface area contributed by atoms with Gasteiger partial charge in [-0.15, -0.1) is 0 Å². The number of hydrogen-bond donors (Lipinski definition) is 4. The average molecular weight is 471 g/mol. The van der Waals surface area contributed by atoms with E-state index in [0.717, 1.165) is 5.56 Å². The molecule has 6 nitrogen and oxygen atoms in total. The van der Waals surface area contributed by atoms with Gasteiger partial charge in [0.2, 0.25) is 0 Å². The molecule has 0 bridgehead atoms. The monoisotopic (exact) mass is 471 g/mol. The first kappa shape index (κ1) is 36.7. The molecule has 0 saturated carbocycles. The van der Waals surface area contributed by atoms with Crippen LogP contribution in [0.15, 0.2) is 54.6 Å². The quantitative estimate of drug-likeness (QED) is 0.397. The predicted octanol–water partition coefficient (Wildman–Crippen LogP) is 4.10. The molecule has 0 aromatic heterocycles. The van der Waals surface area contributed by atoms with Gasteiger partial charge in [-0.05, 0) is 60.6 Å². The molecule has 0 aliphatic rings. The van der Waals surface area contributed by atoms with Gasteiger partial charge in [0.1, 0.15) is 5.75 Å². The van der Waals surface area contributed by atoms with Crippen LogP contribution in [0.25, 0.3) is 0 Å². The second-order valence-corrected chi connectivity index (χ2v) is 6.85. The number of aliphatic carboxylic acids is 1. The SMILES string of the molecule is CC(C)O.CC(C)O.CC(C)O.Cc1ccc(OCC(=O)O)cc1.[Ti].[c-]1ccccc1. The molecule has 2 aromatic carbocycles. The molecular weight excluding hydrogens is 432 g/mol. The van der Waals surface area contributed by atoms with Crippen LogP contribution >= 0.6 is 0 Å². The second kappa shape index (κ2) is 26.3. The largest absolute Gasteiger partial charge is 0.482 e. The fraction of sp³-hybridized carbons (Fsp3) is 0.458. The minimum Gasteiger partial charge on any atom is -0.482 e. The Morgan fingerprint density at radius 1 is 0.839 bits per heavy atom. The molecule has 176 valence electrons. The molecule has 2 aromatic rings. The smallest absolute Gasteiger partial charge is 0.341 e. The fourth-order valence-electron chi connectivity index (χ4n) is 1.12. The van der Waals surface area contributed by atoms with Gasteiger partial charge in [0.15, 0.2) is 6.61 Å². The number of hydrogen-bond acceptors (Lipinski definition) is 5. The van der Waals surface area contributed by atoms with Crippen molar-refractivity contribution in [3.63, 3.8) is 0 Å². The van der Waals surface area contributed by atoms with E-state index in [1.165, 1.54) is 0 Å². The first-order valence-electron chi connectivity index (χ1n) is 9.74. The number of carbonyl (C=O) groups is 1. The van der Waals surface area contributed by atoms with Gasteiger partial charge in [-0.3, -0.25) is 0 Å². The molecule has 0 heterocycles. The van der Waals surface area contributed by atoms with E-state index in [9.17, 15) is 4.79 Å². The van der Waals surface area contributed by atoms with E-state index in [0.29, 0.717) is 5.75 Å². The summed E-state index contributed by atoms with van der Waals surface area (Å²) in [5, 5.41) is 32.5. The molecule has 7 heteroatoms. The fourth-order valence-corrected chi connectivity index (χ4v) is 1.12. The van der Waals surface area contributed by atoms with Crippen molar-refractivity contribution in [3.8, 4) is 5.75 Å². The van der Waals surface area contributed by atoms with Crippen LogP contribution in [0.1, 0.15) is 47.1 Å². The van der Waals surface area contributed by atoms with E-state index in [1.807, 2.05) is 49.4 Å². The third kappa shape index (κ3) is 52.6. The summed E-state index contributed by atoms with van der Waals surface area (Å²) >= 11 is 0. The molecule has 0 atom stereocenters. The van der Waals surface area contributed by atoms with Crippen molar-refractivity contribution < 1.29 is 51.7 Å². The van der Waals surface area contributed by atoms with Gasteiger partial charge in [-0.25, -0.2) is 4.79 Å². The molecule has 0 aliphatic heterocycles. The predicted molar refractivity (Wildman–Crippen MR) is 122 cm³/mol. The number of ether oxygens (including phenoxy) is 1. The number of carboxylic acids is 1. The van der Waals surface area contributed by atoms with Crippen molar-refractivity contribution in [1.82, 2.24) is 0 Å². The number of aryl methyl sites for hydroxylation is 1. The molecule has 0 radical (unpaired) electrons. The van der Waals surface area contributed by atoms with Gasteiger partial charge in [0.05, 0.1) is 0 Å². The van der Waals surface area contributed by atoms with Gasteiger partial charge >= 0.3 is 5.97 Å². The molecule has 0 unspecified atom stereocenters. The summed E-state index contributed by atoms with van der Waals surface area (Å²) in [6, 6.07) is 19.7. The van der Waals surface area contributed by atoms with Gasteiger partial charge in [-0.1, -0.05) is 17.7 Å². The Kier molecular flexibility index (Phi) is 31.2. The summed E-state index contributed by atoms with van der Waals surface area (Å²) < 4.78 is 4.92. The molecule has 0 spiro atoms. The Morgan fingerprint density at radius 3 is 1.42 bits per heavy atom. The van der Waals surface area contributed by atoms with Gasteiger partial charge in [-0.2, -0.15) is 36.4 Å². The standard InChI is InChI=1S/C9H10O3.C6H5.3C3H8O.Ti/c1-7-2-4-8(5-3-7)12-6-9(10)11;1-2-4-6-5-3-1;3*1-3(2)4;/h2-5H,6H2,1H3,(H,10,11);1-5H;3*3-4H,1-2H3;/q;-1;;;;. The van der Waals surface area contributed by atoms with Gasteiger partial charge < -0.3 is 25.2 Å². The first-order valence-corrected chi connectivity index (χ1v) is 9.74. The van der Waals surface area contributed by atoms with Gasteiger partial charge in [0.25, 0.3) is 0 Å². The van der Waals surface area contributed by atoms with Crippen LogP contribution in [0, 0.1) is 13.0 Å². The Labute approximate surface area is 202 Å². The van der Waals surface area contributed by atoms with Crippen LogP contribution in [0.3, 0.4) is 0 Å². The molecule has 0 fully saturated rings. The van der Waals surface area contributed by atoms with E-state index in [1.54, 1.807) is 53.7 Å². The number of carboxylic acid groups (broad SMARTS) is 1. The Bertz CT molecular complexity index is 538. The maximum absolute atomic E-state index is 10.1. The van der Waals surface area contributed by atoms with Crippen LogP contribution in [0.2, 0.25) is 0 Å². The average Bonchev–Trinajstić information content (AvgIpc) is 2.62. The molecule has 4 N–H and O–H groups in total. The van der Waals surface area contributed by atoms with Crippen molar-refractivity contribution in [2.24, 2.45) is 0 Å². The second-order valence-electron chi connectivity index (χ2n) is 6.85. The van der Waals surface area contributed by atoms with E-state index < -0.39 is 5.97 Å². The van der Waals surface area contributed by atoms with Gasteiger partial charge in [0, 0.05) is 40.0 Å². The summed E-state index contributed by atoms with van der Waals surface area (Å²) in [5.41, 5.74) is 1.12. The number of aliphatic hydroxyl groups is 3. The molecule has 0 amide bonds. The Balaban J connectivity index is -0.000000163. The van der Waals surface area contributed by atoms with Crippen LogP contribution in [0.5, 0.6) is 5.75 Å². The summed E-state index contributed by atoms with van der Waals surface area (Å²) in [5.74, 6) is -0.376. The number of rotatable bonds is 3. The van der Waals surface area contributed by atoms with E-state index in [2.05, 4.69) is 6.07 Å².